The van der Waals surface area contributed by atoms with Crippen LogP contribution in [-0.4, -0.2) is 38.3 Å². The lowest BCUT2D eigenvalue weighted by Crippen LogP contribution is -2.59. The number of allylic oxidation sites excluding steroid dienone is 3. The molecule has 8 nitrogen and oxygen atoms in total. The van der Waals surface area contributed by atoms with Crippen LogP contribution in [0, 0.1) is 34.4 Å². The van der Waals surface area contributed by atoms with E-state index in [9.17, 15) is 24.5 Å². The average molecular weight is 535 g/mol. The number of amides is 2. The Morgan fingerprint density at radius 2 is 2.03 bits per heavy atom. The van der Waals surface area contributed by atoms with Gasteiger partial charge in [0.15, 0.2) is 11.4 Å². The largest absolute Gasteiger partial charge is 0.352 e. The van der Waals surface area contributed by atoms with Crippen LogP contribution in [0.5, 0.6) is 0 Å². The van der Waals surface area contributed by atoms with Gasteiger partial charge in [-0.1, -0.05) is 49.6 Å². The van der Waals surface area contributed by atoms with Crippen molar-refractivity contribution in [1.29, 1.82) is 10.5 Å². The van der Waals surface area contributed by atoms with Crippen LogP contribution in [0.15, 0.2) is 54.9 Å². The second-order valence-electron chi connectivity index (χ2n) is 9.75. The Morgan fingerprint density at radius 1 is 1.26 bits per heavy atom. The van der Waals surface area contributed by atoms with Gasteiger partial charge in [0, 0.05) is 17.6 Å². The normalized spacial score (nSPS) is 21.8. The third-order valence-electron chi connectivity index (χ3n) is 7.05. The summed E-state index contributed by atoms with van der Waals surface area (Å²) in [4.78, 5) is 32.1. The number of nitrogens with zero attached hydrogens (tertiary/aromatic N) is 5. The zero-order valence-electron chi connectivity index (χ0n) is 21.0. The van der Waals surface area contributed by atoms with Crippen LogP contribution in [0.4, 0.5) is 10.1 Å². The first-order valence-electron chi connectivity index (χ1n) is 12.5. The van der Waals surface area contributed by atoms with Crippen LogP contribution in [0.25, 0.3) is 0 Å². The van der Waals surface area contributed by atoms with Crippen molar-refractivity contribution in [3.05, 3.63) is 72.1 Å². The van der Waals surface area contributed by atoms with Crippen molar-refractivity contribution in [2.24, 2.45) is 5.92 Å². The molecule has 2 aliphatic rings. The second kappa shape index (κ2) is 11.6. The number of carbonyl (C=O) groups is 2. The molecule has 0 bridgehead atoms. The number of hydrogen-bond acceptors (Lipinski definition) is 5. The molecule has 4 rings (SSSR count). The predicted molar refractivity (Wildman–Crippen MR) is 140 cm³/mol. The summed E-state index contributed by atoms with van der Waals surface area (Å²) in [6.07, 6.45) is 13.1. The molecule has 0 saturated heterocycles. The van der Waals surface area contributed by atoms with E-state index in [1.165, 1.54) is 34.0 Å². The molecule has 0 spiro atoms. The molecule has 2 amide bonds. The maximum Gasteiger partial charge on any atom is 0.247 e. The fourth-order valence-corrected chi connectivity index (χ4v) is 5.39. The van der Waals surface area contributed by atoms with E-state index in [-0.39, 0.29) is 23.1 Å². The summed E-state index contributed by atoms with van der Waals surface area (Å²) < 4.78 is 15.7. The van der Waals surface area contributed by atoms with Crippen molar-refractivity contribution >= 4 is 29.1 Å². The summed E-state index contributed by atoms with van der Waals surface area (Å²) in [7, 11) is 0. The molecule has 1 fully saturated rings. The molecular weight excluding hydrogens is 507 g/mol. The molecule has 3 atom stereocenters. The Balaban J connectivity index is 1.79. The van der Waals surface area contributed by atoms with Gasteiger partial charge in [-0.05, 0) is 38.0 Å². The number of rotatable bonds is 7. The van der Waals surface area contributed by atoms with Crippen molar-refractivity contribution in [2.75, 3.05) is 4.90 Å². The number of benzene rings is 1. The predicted octanol–water partition coefficient (Wildman–Crippen LogP) is 4.36. The minimum Gasteiger partial charge on any atom is -0.352 e. The van der Waals surface area contributed by atoms with Crippen LogP contribution < -0.4 is 10.2 Å². The fraction of sp³-hybridized carbons (Fsp3) is 0.393. The smallest absolute Gasteiger partial charge is 0.247 e. The Kier molecular flexibility index (Phi) is 8.29. The molecule has 0 aliphatic heterocycles. The Morgan fingerprint density at radius 3 is 2.68 bits per heavy atom. The van der Waals surface area contributed by atoms with Crippen LogP contribution >= 0.6 is 11.6 Å². The van der Waals surface area contributed by atoms with Gasteiger partial charge in [0.05, 0.1) is 11.2 Å². The standard InChI is InChI=1S/C28H28ClFN6O2/c1-28(29)13-6-5-12-22(28)26(27(38)34-20-9-3-2-4-10-20)36(21-11-7-8-19(30)14-21)25(37)17-35-18-33-23(15-31)24(35)16-32/h5-8,11-14,18,20,22,26H,2-4,9-10,17H2,1H3,(H,34,38). The maximum absolute atomic E-state index is 14.4. The average Bonchev–Trinajstić information content (AvgIpc) is 3.29. The Bertz CT molecular complexity index is 1350. The molecule has 0 radical (unpaired) electrons. The van der Waals surface area contributed by atoms with E-state index in [4.69, 9.17) is 11.6 Å². The number of nitriles is 2. The molecule has 196 valence electrons. The SMILES string of the molecule is CC1(Cl)C=CC=CC1C(C(=O)NC1CCCCC1)N(C(=O)Cn1cnc(C#N)c1C#N)c1cccc(F)c1. The van der Waals surface area contributed by atoms with Gasteiger partial charge in [0.1, 0.15) is 30.5 Å². The van der Waals surface area contributed by atoms with Crippen LogP contribution in [0.1, 0.15) is 50.4 Å². The Hall–Kier alpha value is -3.95. The molecule has 10 heteroatoms. The first-order chi connectivity index (χ1) is 18.2. The molecule has 2 aromatic rings. The van der Waals surface area contributed by atoms with Gasteiger partial charge in [0.25, 0.3) is 0 Å². The first-order valence-corrected chi connectivity index (χ1v) is 12.9. The van der Waals surface area contributed by atoms with Gasteiger partial charge in [-0.2, -0.15) is 10.5 Å². The summed E-state index contributed by atoms with van der Waals surface area (Å²) in [6.45, 7) is 1.36. The highest BCUT2D eigenvalue weighted by molar-refractivity contribution is 6.26. The van der Waals surface area contributed by atoms with Crippen LogP contribution in [0.2, 0.25) is 0 Å². The van der Waals surface area contributed by atoms with E-state index in [1.54, 1.807) is 37.3 Å². The summed E-state index contributed by atoms with van der Waals surface area (Å²) in [6, 6.07) is 8.02. The molecule has 2 aliphatic carbocycles. The van der Waals surface area contributed by atoms with Gasteiger partial charge in [0.2, 0.25) is 11.8 Å². The maximum atomic E-state index is 14.4. The van der Waals surface area contributed by atoms with E-state index in [1.807, 2.05) is 12.1 Å². The molecule has 1 saturated carbocycles. The summed E-state index contributed by atoms with van der Waals surface area (Å²) in [5.41, 5.74) is -0.0165. The van der Waals surface area contributed by atoms with Gasteiger partial charge in [-0.15, -0.1) is 11.6 Å². The van der Waals surface area contributed by atoms with E-state index in [0.29, 0.717) is 0 Å². The number of aromatic nitrogens is 2. The van der Waals surface area contributed by atoms with Crippen molar-refractivity contribution in [1.82, 2.24) is 14.9 Å². The summed E-state index contributed by atoms with van der Waals surface area (Å²) in [5, 5.41) is 21.9. The molecular formula is C28H28ClFN6O2. The molecule has 1 heterocycles. The van der Waals surface area contributed by atoms with E-state index in [2.05, 4.69) is 10.3 Å². The van der Waals surface area contributed by atoms with Gasteiger partial charge in [-0.25, -0.2) is 9.37 Å². The topological polar surface area (TPSA) is 115 Å². The van der Waals surface area contributed by atoms with E-state index >= 15 is 0 Å². The minimum atomic E-state index is -1.13. The number of anilines is 1. The third kappa shape index (κ3) is 5.79. The number of hydrogen-bond donors (Lipinski definition) is 1. The highest BCUT2D eigenvalue weighted by Crippen LogP contribution is 2.37. The number of alkyl halides is 1. The lowest BCUT2D eigenvalue weighted by Gasteiger charge is -2.41. The minimum absolute atomic E-state index is 0.0371. The quantitative estimate of drug-likeness (QED) is 0.530. The first kappa shape index (κ1) is 27.1. The fourth-order valence-electron chi connectivity index (χ4n) is 5.12. The van der Waals surface area contributed by atoms with Gasteiger partial charge >= 0.3 is 0 Å². The monoisotopic (exact) mass is 534 g/mol. The summed E-state index contributed by atoms with van der Waals surface area (Å²) >= 11 is 6.89. The van der Waals surface area contributed by atoms with Gasteiger partial charge in [-0.3, -0.25) is 14.5 Å². The van der Waals surface area contributed by atoms with Crippen molar-refractivity contribution in [3.63, 3.8) is 0 Å². The number of carbonyl (C=O) groups excluding carboxylic acids is 2. The van der Waals surface area contributed by atoms with Crippen LogP contribution in [-0.2, 0) is 16.1 Å². The molecule has 38 heavy (non-hydrogen) atoms. The highest BCUT2D eigenvalue weighted by Gasteiger charge is 2.45. The van der Waals surface area contributed by atoms with E-state index < -0.39 is 41.0 Å². The van der Waals surface area contributed by atoms with E-state index in [0.717, 1.165) is 32.1 Å². The molecule has 3 unspecified atom stereocenters. The molecule has 1 aromatic carbocycles. The van der Waals surface area contributed by atoms with Crippen molar-refractivity contribution in [2.45, 2.75) is 62.5 Å². The Labute approximate surface area is 226 Å². The number of nitrogens with one attached hydrogen (secondary N) is 1. The zero-order valence-corrected chi connectivity index (χ0v) is 21.7. The highest BCUT2D eigenvalue weighted by atomic mass is 35.5. The van der Waals surface area contributed by atoms with Gasteiger partial charge < -0.3 is 9.88 Å². The number of halogens is 2. The zero-order chi connectivity index (χ0) is 27.3. The molecule has 1 N–H and O–H groups in total. The van der Waals surface area contributed by atoms with Crippen LogP contribution in [0.3, 0.4) is 0 Å². The number of imidazole rings is 1. The van der Waals surface area contributed by atoms with Crippen molar-refractivity contribution in [3.8, 4) is 12.1 Å². The second-order valence-corrected chi connectivity index (χ2v) is 10.6. The summed E-state index contributed by atoms with van der Waals surface area (Å²) in [5.74, 6) is -2.21. The lowest BCUT2D eigenvalue weighted by atomic mass is 9.81. The molecule has 1 aromatic heterocycles. The third-order valence-corrected chi connectivity index (χ3v) is 7.43. The van der Waals surface area contributed by atoms with Crippen molar-refractivity contribution < 1.29 is 14.0 Å². The lowest BCUT2D eigenvalue weighted by molar-refractivity contribution is -0.128.